The second kappa shape index (κ2) is 7.24. The predicted molar refractivity (Wildman–Crippen MR) is 89.9 cm³/mol. The lowest BCUT2D eigenvalue weighted by molar-refractivity contribution is 0.409. The summed E-state index contributed by atoms with van der Waals surface area (Å²) in [5.74, 6) is 2.06. The number of halogens is 2. The Morgan fingerprint density at radius 1 is 1.19 bits per heavy atom. The fourth-order valence-electron chi connectivity index (χ4n) is 1.75. The normalized spacial score (nSPS) is 12.0. The number of nitrogens with two attached hydrogens (primary N) is 1. The van der Waals surface area contributed by atoms with Crippen LogP contribution < -0.4 is 15.2 Å². The minimum atomic E-state index is -0.0408. The molecule has 1 aromatic carbocycles. The second-order valence-corrected chi connectivity index (χ2v) is 6.16. The molecule has 1 heterocycles. The van der Waals surface area contributed by atoms with Gasteiger partial charge in [-0.05, 0) is 62.5 Å². The fraction of sp³-hybridized carbons (Fsp3) is 0.267. The number of benzene rings is 1. The smallest absolute Gasteiger partial charge is 0.145 e. The van der Waals surface area contributed by atoms with Gasteiger partial charge >= 0.3 is 0 Å². The van der Waals surface area contributed by atoms with Crippen LogP contribution in [0.1, 0.15) is 25.1 Å². The van der Waals surface area contributed by atoms with Gasteiger partial charge in [0.1, 0.15) is 17.2 Å². The van der Waals surface area contributed by atoms with Crippen LogP contribution in [0, 0.1) is 0 Å². The van der Waals surface area contributed by atoms with Crippen molar-refractivity contribution < 1.29 is 9.47 Å². The highest BCUT2D eigenvalue weighted by Crippen LogP contribution is 2.38. The standard InChI is InChI=1S/C15H16Br2N2O2/c1-3-12(18)13-5-4-9(8-19-13)21-15-7-10(16)14(20-2)6-11(15)17/h4-8,12H,3,18H2,1-2H3/t12-/m0/s1. The molecule has 0 radical (unpaired) electrons. The Morgan fingerprint density at radius 3 is 2.43 bits per heavy atom. The third-order valence-electron chi connectivity index (χ3n) is 3.01. The molecule has 0 aliphatic rings. The van der Waals surface area contributed by atoms with Crippen LogP contribution in [0.2, 0.25) is 0 Å². The summed E-state index contributed by atoms with van der Waals surface area (Å²) in [4.78, 5) is 4.33. The van der Waals surface area contributed by atoms with E-state index in [4.69, 9.17) is 15.2 Å². The van der Waals surface area contributed by atoms with Crippen molar-refractivity contribution in [1.82, 2.24) is 4.98 Å². The first-order valence-electron chi connectivity index (χ1n) is 6.47. The van der Waals surface area contributed by atoms with Gasteiger partial charge in [-0.15, -0.1) is 0 Å². The van der Waals surface area contributed by atoms with Crippen LogP contribution in [0.5, 0.6) is 17.2 Å². The molecule has 0 aliphatic carbocycles. The molecular weight excluding hydrogens is 400 g/mol. The molecular formula is C15H16Br2N2O2. The Labute approximate surface area is 140 Å². The van der Waals surface area contributed by atoms with Gasteiger partial charge in [-0.3, -0.25) is 4.98 Å². The summed E-state index contributed by atoms with van der Waals surface area (Å²) in [5.41, 5.74) is 6.80. The minimum Gasteiger partial charge on any atom is -0.496 e. The fourth-order valence-corrected chi connectivity index (χ4v) is 2.64. The van der Waals surface area contributed by atoms with E-state index in [0.717, 1.165) is 26.8 Å². The average Bonchev–Trinajstić information content (AvgIpc) is 2.50. The summed E-state index contributed by atoms with van der Waals surface area (Å²) >= 11 is 6.90. The number of hydrogen-bond acceptors (Lipinski definition) is 4. The topological polar surface area (TPSA) is 57.4 Å². The molecule has 21 heavy (non-hydrogen) atoms. The molecule has 0 fully saturated rings. The number of aromatic nitrogens is 1. The highest BCUT2D eigenvalue weighted by molar-refractivity contribution is 9.11. The third-order valence-corrected chi connectivity index (χ3v) is 4.25. The highest BCUT2D eigenvalue weighted by atomic mass is 79.9. The van der Waals surface area contributed by atoms with Gasteiger partial charge in [0.25, 0.3) is 0 Å². The van der Waals surface area contributed by atoms with Crippen molar-refractivity contribution in [2.24, 2.45) is 5.73 Å². The van der Waals surface area contributed by atoms with Crippen molar-refractivity contribution >= 4 is 31.9 Å². The monoisotopic (exact) mass is 414 g/mol. The summed E-state index contributed by atoms with van der Waals surface area (Å²) in [6.45, 7) is 2.03. The Hall–Kier alpha value is -1.11. The van der Waals surface area contributed by atoms with E-state index in [1.54, 1.807) is 13.3 Å². The third kappa shape index (κ3) is 3.96. The van der Waals surface area contributed by atoms with E-state index in [1.807, 2.05) is 31.2 Å². The van der Waals surface area contributed by atoms with E-state index in [1.165, 1.54) is 0 Å². The maximum atomic E-state index is 5.94. The lowest BCUT2D eigenvalue weighted by Crippen LogP contribution is -2.10. The maximum Gasteiger partial charge on any atom is 0.145 e. The van der Waals surface area contributed by atoms with Gasteiger partial charge in [0.2, 0.25) is 0 Å². The first-order valence-corrected chi connectivity index (χ1v) is 8.06. The zero-order chi connectivity index (χ0) is 15.4. The summed E-state index contributed by atoms with van der Waals surface area (Å²) in [7, 11) is 1.62. The van der Waals surface area contributed by atoms with Gasteiger partial charge in [-0.2, -0.15) is 0 Å². The lowest BCUT2D eigenvalue weighted by Gasteiger charge is -2.12. The molecule has 2 rings (SSSR count). The second-order valence-electron chi connectivity index (χ2n) is 4.45. The molecule has 0 spiro atoms. The van der Waals surface area contributed by atoms with Crippen molar-refractivity contribution in [3.63, 3.8) is 0 Å². The van der Waals surface area contributed by atoms with Crippen LogP contribution in [-0.4, -0.2) is 12.1 Å². The van der Waals surface area contributed by atoms with Gasteiger partial charge in [-0.1, -0.05) is 6.92 Å². The Balaban J connectivity index is 2.20. The Morgan fingerprint density at radius 2 is 1.86 bits per heavy atom. The minimum absolute atomic E-state index is 0.0408. The zero-order valence-electron chi connectivity index (χ0n) is 11.8. The highest BCUT2D eigenvalue weighted by Gasteiger charge is 2.10. The van der Waals surface area contributed by atoms with E-state index in [9.17, 15) is 0 Å². The first-order chi connectivity index (χ1) is 10.0. The van der Waals surface area contributed by atoms with E-state index in [2.05, 4.69) is 36.8 Å². The molecule has 1 atom stereocenters. The Kier molecular flexibility index (Phi) is 5.61. The Bertz CT molecular complexity index is 618. The van der Waals surface area contributed by atoms with Crippen LogP contribution in [0.4, 0.5) is 0 Å². The van der Waals surface area contributed by atoms with Gasteiger partial charge in [0.05, 0.1) is 27.9 Å². The molecule has 1 aromatic heterocycles. The first kappa shape index (κ1) is 16.3. The number of pyridine rings is 1. The van der Waals surface area contributed by atoms with Gasteiger partial charge < -0.3 is 15.2 Å². The van der Waals surface area contributed by atoms with Crippen LogP contribution in [0.15, 0.2) is 39.4 Å². The lowest BCUT2D eigenvalue weighted by atomic mass is 10.1. The zero-order valence-corrected chi connectivity index (χ0v) is 14.9. The van der Waals surface area contributed by atoms with E-state index < -0.39 is 0 Å². The number of hydrogen-bond donors (Lipinski definition) is 1. The predicted octanol–water partition coefficient (Wildman–Crippen LogP) is 4.82. The summed E-state index contributed by atoms with van der Waals surface area (Å²) in [6.07, 6.45) is 2.53. The molecule has 0 unspecified atom stereocenters. The molecule has 2 aromatic rings. The summed E-state index contributed by atoms with van der Waals surface area (Å²) < 4.78 is 12.7. The van der Waals surface area contributed by atoms with Crippen LogP contribution >= 0.6 is 31.9 Å². The largest absolute Gasteiger partial charge is 0.496 e. The molecule has 0 amide bonds. The van der Waals surface area contributed by atoms with E-state index in [-0.39, 0.29) is 6.04 Å². The van der Waals surface area contributed by atoms with Crippen LogP contribution in [0.3, 0.4) is 0 Å². The van der Waals surface area contributed by atoms with Crippen molar-refractivity contribution in [3.05, 3.63) is 45.1 Å². The molecule has 6 heteroatoms. The van der Waals surface area contributed by atoms with Crippen LogP contribution in [-0.2, 0) is 0 Å². The molecule has 4 nitrogen and oxygen atoms in total. The summed E-state index contributed by atoms with van der Waals surface area (Å²) in [5, 5.41) is 0. The van der Waals surface area contributed by atoms with Crippen molar-refractivity contribution in [2.75, 3.05) is 7.11 Å². The van der Waals surface area contributed by atoms with E-state index in [0.29, 0.717) is 11.5 Å². The average molecular weight is 416 g/mol. The number of methoxy groups -OCH3 is 1. The molecule has 0 bridgehead atoms. The molecule has 112 valence electrons. The number of ether oxygens (including phenoxy) is 2. The summed E-state index contributed by atoms with van der Waals surface area (Å²) in [6, 6.07) is 7.39. The van der Waals surface area contributed by atoms with E-state index >= 15 is 0 Å². The molecule has 0 saturated carbocycles. The molecule has 0 saturated heterocycles. The quantitative estimate of drug-likeness (QED) is 0.760. The van der Waals surface area contributed by atoms with Crippen molar-refractivity contribution in [2.45, 2.75) is 19.4 Å². The van der Waals surface area contributed by atoms with Gasteiger partial charge in [0, 0.05) is 6.04 Å². The van der Waals surface area contributed by atoms with Crippen LogP contribution in [0.25, 0.3) is 0 Å². The maximum absolute atomic E-state index is 5.94. The molecule has 0 aliphatic heterocycles. The van der Waals surface area contributed by atoms with Gasteiger partial charge in [-0.25, -0.2) is 0 Å². The molecule has 2 N–H and O–H groups in total. The SMILES string of the molecule is CC[C@H](N)c1ccc(Oc2cc(Br)c(OC)cc2Br)cn1. The number of rotatable bonds is 5. The van der Waals surface area contributed by atoms with Crippen molar-refractivity contribution in [3.8, 4) is 17.2 Å². The van der Waals surface area contributed by atoms with Gasteiger partial charge in [0.15, 0.2) is 0 Å². The van der Waals surface area contributed by atoms with Crippen molar-refractivity contribution in [1.29, 1.82) is 0 Å². The number of nitrogens with zero attached hydrogens (tertiary/aromatic N) is 1.